The highest BCUT2D eigenvalue weighted by atomic mass is 32.1. The van der Waals surface area contributed by atoms with E-state index >= 15 is 0 Å². The molecule has 0 aliphatic carbocycles. The molecule has 0 saturated carbocycles. The fourth-order valence-corrected chi connectivity index (χ4v) is 1.75. The molecule has 0 unspecified atom stereocenters. The lowest BCUT2D eigenvalue weighted by Crippen LogP contribution is -2.08. The van der Waals surface area contributed by atoms with E-state index in [0.717, 1.165) is 17.7 Å². The zero-order valence-electron chi connectivity index (χ0n) is 10.2. The Morgan fingerprint density at radius 2 is 1.74 bits per heavy atom. The molecular formula is C14H12F2N2S. The lowest BCUT2D eigenvalue weighted by molar-refractivity contribution is 0.595. The van der Waals surface area contributed by atoms with E-state index in [1.807, 2.05) is 0 Å². The molecule has 2 aromatic rings. The van der Waals surface area contributed by atoms with Gasteiger partial charge in [-0.1, -0.05) is 12.2 Å². The van der Waals surface area contributed by atoms with Crippen LogP contribution in [0.2, 0.25) is 0 Å². The number of aryl methyl sites for hydroxylation is 1. The van der Waals surface area contributed by atoms with Crippen molar-refractivity contribution in [1.29, 1.82) is 0 Å². The van der Waals surface area contributed by atoms with Crippen LogP contribution in [-0.2, 0) is 0 Å². The Hall–Kier alpha value is -2.01. The second-order valence-corrected chi connectivity index (χ2v) is 4.59. The average Bonchev–Trinajstić information content (AvgIpc) is 2.36. The van der Waals surface area contributed by atoms with Crippen molar-refractivity contribution in [2.75, 3.05) is 5.32 Å². The molecule has 0 radical (unpaired) electrons. The molecule has 0 aromatic heterocycles. The molecule has 0 spiro atoms. The molecule has 2 rings (SSSR count). The van der Waals surface area contributed by atoms with Crippen molar-refractivity contribution in [2.24, 2.45) is 5.73 Å². The van der Waals surface area contributed by atoms with E-state index < -0.39 is 11.6 Å². The van der Waals surface area contributed by atoms with Crippen LogP contribution in [0.5, 0.6) is 0 Å². The summed E-state index contributed by atoms with van der Waals surface area (Å²) in [5.74, 6) is -0.957. The van der Waals surface area contributed by atoms with Crippen molar-refractivity contribution in [2.45, 2.75) is 6.92 Å². The van der Waals surface area contributed by atoms with E-state index in [-0.39, 0.29) is 11.3 Å². The summed E-state index contributed by atoms with van der Waals surface area (Å²) in [4.78, 5) is 0.291. The number of benzene rings is 2. The van der Waals surface area contributed by atoms with Crippen LogP contribution < -0.4 is 11.1 Å². The molecular weight excluding hydrogens is 266 g/mol. The normalized spacial score (nSPS) is 10.3. The van der Waals surface area contributed by atoms with Crippen LogP contribution in [0.25, 0.3) is 0 Å². The summed E-state index contributed by atoms with van der Waals surface area (Å²) in [5, 5.41) is 2.81. The first kappa shape index (κ1) is 13.4. The van der Waals surface area contributed by atoms with E-state index in [9.17, 15) is 8.78 Å². The van der Waals surface area contributed by atoms with Crippen LogP contribution in [0.3, 0.4) is 0 Å². The van der Waals surface area contributed by atoms with Gasteiger partial charge in [-0.2, -0.15) is 0 Å². The molecule has 19 heavy (non-hydrogen) atoms. The van der Waals surface area contributed by atoms with Crippen molar-refractivity contribution in [3.63, 3.8) is 0 Å². The summed E-state index contributed by atoms with van der Waals surface area (Å²) in [6.45, 7) is 1.51. The molecule has 0 fully saturated rings. The molecule has 0 saturated heterocycles. The van der Waals surface area contributed by atoms with Gasteiger partial charge in [0.05, 0.1) is 5.69 Å². The number of thiocarbonyl (C=S) groups is 1. The minimum absolute atomic E-state index is 0.0891. The maximum absolute atomic E-state index is 13.7. The first-order chi connectivity index (χ1) is 8.97. The maximum Gasteiger partial charge on any atom is 0.147 e. The molecule has 2 nitrogen and oxygen atoms in total. The Labute approximate surface area is 115 Å². The van der Waals surface area contributed by atoms with Gasteiger partial charge in [-0.15, -0.1) is 0 Å². The van der Waals surface area contributed by atoms with Crippen LogP contribution in [0, 0.1) is 18.6 Å². The molecule has 0 heterocycles. The third kappa shape index (κ3) is 3.06. The number of nitrogens with two attached hydrogens (primary N) is 1. The highest BCUT2D eigenvalue weighted by molar-refractivity contribution is 7.80. The average molecular weight is 278 g/mol. The van der Waals surface area contributed by atoms with Crippen molar-refractivity contribution in [3.8, 4) is 0 Å². The van der Waals surface area contributed by atoms with E-state index in [1.54, 1.807) is 24.3 Å². The Kier molecular flexibility index (Phi) is 3.76. The van der Waals surface area contributed by atoms with Gasteiger partial charge >= 0.3 is 0 Å². The zero-order chi connectivity index (χ0) is 14.0. The van der Waals surface area contributed by atoms with Crippen LogP contribution in [0.15, 0.2) is 36.4 Å². The lowest BCUT2D eigenvalue weighted by Gasteiger charge is -2.09. The van der Waals surface area contributed by atoms with Gasteiger partial charge in [-0.3, -0.25) is 0 Å². The van der Waals surface area contributed by atoms with E-state index in [0.29, 0.717) is 10.7 Å². The number of anilines is 2. The molecule has 0 amide bonds. The van der Waals surface area contributed by atoms with Crippen molar-refractivity contribution >= 4 is 28.6 Å². The van der Waals surface area contributed by atoms with Gasteiger partial charge < -0.3 is 11.1 Å². The van der Waals surface area contributed by atoms with Gasteiger partial charge in [-0.05, 0) is 42.8 Å². The Morgan fingerprint density at radius 3 is 2.32 bits per heavy atom. The molecule has 98 valence electrons. The Balaban J connectivity index is 2.26. The maximum atomic E-state index is 13.7. The predicted molar refractivity (Wildman–Crippen MR) is 76.7 cm³/mol. The number of halogens is 2. The molecule has 0 bridgehead atoms. The molecule has 0 aliphatic heterocycles. The number of hydrogen-bond donors (Lipinski definition) is 2. The fraction of sp³-hybridized carbons (Fsp3) is 0.0714. The second-order valence-electron chi connectivity index (χ2n) is 4.15. The summed E-state index contributed by atoms with van der Waals surface area (Å²) >= 11 is 4.84. The number of rotatable bonds is 3. The predicted octanol–water partition coefficient (Wildman–Crippen LogP) is 3.65. The zero-order valence-corrected chi connectivity index (χ0v) is 11.0. The quantitative estimate of drug-likeness (QED) is 0.842. The highest BCUT2D eigenvalue weighted by Crippen LogP contribution is 2.23. The molecule has 0 aliphatic rings. The van der Waals surface area contributed by atoms with Crippen molar-refractivity contribution < 1.29 is 8.78 Å². The number of nitrogens with one attached hydrogen (secondary N) is 1. The van der Waals surface area contributed by atoms with Gasteiger partial charge in [0.15, 0.2) is 0 Å². The molecule has 3 N–H and O–H groups in total. The van der Waals surface area contributed by atoms with Crippen LogP contribution in [0.4, 0.5) is 20.2 Å². The summed E-state index contributed by atoms with van der Waals surface area (Å²) in [7, 11) is 0. The van der Waals surface area contributed by atoms with Gasteiger partial charge in [0, 0.05) is 17.3 Å². The number of hydrogen-bond acceptors (Lipinski definition) is 2. The Bertz CT molecular complexity index is 624. The summed E-state index contributed by atoms with van der Waals surface area (Å²) in [5.41, 5.74) is 7.18. The highest BCUT2D eigenvalue weighted by Gasteiger charge is 2.07. The largest absolute Gasteiger partial charge is 0.389 e. The van der Waals surface area contributed by atoms with Gasteiger partial charge in [0.2, 0.25) is 0 Å². The van der Waals surface area contributed by atoms with Gasteiger partial charge in [0.25, 0.3) is 0 Å². The topological polar surface area (TPSA) is 38.0 Å². The van der Waals surface area contributed by atoms with E-state index in [4.69, 9.17) is 18.0 Å². The minimum atomic E-state index is -0.502. The first-order valence-electron chi connectivity index (χ1n) is 5.60. The summed E-state index contributed by atoms with van der Waals surface area (Å²) in [6.07, 6.45) is 0. The van der Waals surface area contributed by atoms with Crippen LogP contribution in [0.1, 0.15) is 11.1 Å². The molecule has 5 heteroatoms. The van der Waals surface area contributed by atoms with E-state index in [1.165, 1.54) is 6.92 Å². The third-order valence-corrected chi connectivity index (χ3v) is 2.93. The van der Waals surface area contributed by atoms with Crippen LogP contribution in [-0.4, -0.2) is 4.99 Å². The summed E-state index contributed by atoms with van der Waals surface area (Å²) in [6, 6.07) is 9.12. The van der Waals surface area contributed by atoms with E-state index in [2.05, 4.69) is 5.32 Å². The van der Waals surface area contributed by atoms with Gasteiger partial charge in [0.1, 0.15) is 16.6 Å². The van der Waals surface area contributed by atoms with Crippen molar-refractivity contribution in [1.82, 2.24) is 0 Å². The monoisotopic (exact) mass is 278 g/mol. The smallest absolute Gasteiger partial charge is 0.147 e. The fourth-order valence-electron chi connectivity index (χ4n) is 1.62. The third-order valence-electron chi connectivity index (χ3n) is 2.70. The lowest BCUT2D eigenvalue weighted by atomic mass is 10.1. The molecule has 2 aromatic carbocycles. The van der Waals surface area contributed by atoms with Crippen LogP contribution >= 0.6 is 12.2 Å². The minimum Gasteiger partial charge on any atom is -0.389 e. The van der Waals surface area contributed by atoms with Crippen molar-refractivity contribution in [3.05, 3.63) is 59.2 Å². The van der Waals surface area contributed by atoms with Gasteiger partial charge in [-0.25, -0.2) is 8.78 Å². The standard InChI is InChI=1S/C14H12F2N2S/c1-8-6-12(16)13(7-11(8)15)18-10-4-2-9(3-5-10)14(17)19/h2-7,18H,1H3,(H2,17,19). The first-order valence-corrected chi connectivity index (χ1v) is 6.01. The molecule has 0 atom stereocenters. The second kappa shape index (κ2) is 5.32. The SMILES string of the molecule is Cc1cc(F)c(Nc2ccc(C(N)=S)cc2)cc1F. The summed E-state index contributed by atoms with van der Waals surface area (Å²) < 4.78 is 27.0. The Morgan fingerprint density at radius 1 is 1.11 bits per heavy atom.